The van der Waals surface area contributed by atoms with E-state index in [1.165, 1.54) is 0 Å². The third-order valence-electron chi connectivity index (χ3n) is 2.13. The molecule has 0 bridgehead atoms. The van der Waals surface area contributed by atoms with Crippen LogP contribution in [0.1, 0.15) is 10.4 Å². The number of cyclic esters (lactones) is 1. The monoisotopic (exact) mass is 212 g/mol. The van der Waals surface area contributed by atoms with Gasteiger partial charge in [-0.3, -0.25) is 0 Å². The van der Waals surface area contributed by atoms with Gasteiger partial charge in [0.1, 0.15) is 6.61 Å². The van der Waals surface area contributed by atoms with Crippen LogP contribution in [0.5, 0.6) is 0 Å². The molecule has 2 rings (SSSR count). The molecule has 0 spiro atoms. The fraction of sp³-hybridized carbons (Fsp3) is 0.444. The first-order chi connectivity index (χ1) is 6.79. The Balaban J connectivity index is 1.99. The van der Waals surface area contributed by atoms with Crippen molar-refractivity contribution in [3.63, 3.8) is 0 Å². The molecule has 0 atom stereocenters. The van der Waals surface area contributed by atoms with Crippen LogP contribution in [0.4, 0.5) is 4.79 Å². The lowest BCUT2D eigenvalue weighted by Gasteiger charge is -2.10. The molecule has 1 aromatic heterocycles. The zero-order valence-corrected chi connectivity index (χ0v) is 8.55. The van der Waals surface area contributed by atoms with Crippen LogP contribution in [0, 0.1) is 0 Å². The van der Waals surface area contributed by atoms with Crippen LogP contribution in [-0.4, -0.2) is 24.1 Å². The van der Waals surface area contributed by atoms with E-state index in [2.05, 4.69) is 0 Å². The molecule has 1 amide bonds. The van der Waals surface area contributed by atoms with Gasteiger partial charge in [0.05, 0.1) is 6.54 Å². The molecule has 1 aliphatic rings. The molecule has 76 valence electrons. The molecule has 0 unspecified atom stereocenters. The fourth-order valence-electron chi connectivity index (χ4n) is 1.41. The van der Waals surface area contributed by atoms with Crippen molar-refractivity contribution < 1.29 is 9.53 Å². The van der Waals surface area contributed by atoms with Gasteiger partial charge in [-0.1, -0.05) is 0 Å². The van der Waals surface area contributed by atoms with Crippen LogP contribution >= 0.6 is 11.3 Å². The first-order valence-electron chi connectivity index (χ1n) is 4.47. The van der Waals surface area contributed by atoms with Crippen molar-refractivity contribution in [1.29, 1.82) is 0 Å². The normalized spacial score (nSPS) is 16.1. The van der Waals surface area contributed by atoms with E-state index in [4.69, 9.17) is 10.5 Å². The Morgan fingerprint density at radius 2 is 2.50 bits per heavy atom. The van der Waals surface area contributed by atoms with E-state index in [-0.39, 0.29) is 6.09 Å². The fourth-order valence-corrected chi connectivity index (χ4v) is 2.17. The summed E-state index contributed by atoms with van der Waals surface area (Å²) in [6.45, 7) is 2.39. The molecule has 14 heavy (non-hydrogen) atoms. The van der Waals surface area contributed by atoms with Gasteiger partial charge in [0, 0.05) is 18.0 Å². The molecular weight excluding hydrogens is 200 g/mol. The maximum absolute atomic E-state index is 11.1. The zero-order chi connectivity index (χ0) is 9.97. The number of nitrogens with zero attached hydrogens (tertiary/aromatic N) is 1. The number of hydrogen-bond acceptors (Lipinski definition) is 4. The number of rotatable bonds is 3. The van der Waals surface area contributed by atoms with E-state index in [1.807, 2.05) is 11.4 Å². The van der Waals surface area contributed by atoms with Crippen LogP contribution in [0.2, 0.25) is 0 Å². The summed E-state index contributed by atoms with van der Waals surface area (Å²) in [5.74, 6) is 0. The lowest BCUT2D eigenvalue weighted by molar-refractivity contribution is 0.157. The van der Waals surface area contributed by atoms with Crippen molar-refractivity contribution in [2.75, 3.05) is 13.2 Å². The number of carbonyl (C=O) groups is 1. The molecule has 4 nitrogen and oxygen atoms in total. The van der Waals surface area contributed by atoms with Gasteiger partial charge in [-0.15, -0.1) is 11.3 Å². The lowest BCUT2D eigenvalue weighted by atomic mass is 10.3. The summed E-state index contributed by atoms with van der Waals surface area (Å²) in [5.41, 5.74) is 6.64. The largest absolute Gasteiger partial charge is 0.448 e. The second-order valence-corrected chi connectivity index (χ2v) is 4.16. The van der Waals surface area contributed by atoms with E-state index >= 15 is 0 Å². The summed E-state index contributed by atoms with van der Waals surface area (Å²) in [6.07, 6.45) is -0.217. The first-order valence-corrected chi connectivity index (χ1v) is 5.35. The van der Waals surface area contributed by atoms with Crippen LogP contribution in [0.25, 0.3) is 0 Å². The molecule has 1 saturated heterocycles. The minimum absolute atomic E-state index is 0.217. The minimum atomic E-state index is -0.217. The number of amides is 1. The SMILES string of the molecule is NCc1cc(CN2CCOC2=O)cs1. The van der Waals surface area contributed by atoms with Crippen molar-refractivity contribution in [1.82, 2.24) is 4.90 Å². The Hall–Kier alpha value is -1.07. The third-order valence-corrected chi connectivity index (χ3v) is 3.14. The van der Waals surface area contributed by atoms with Crippen molar-refractivity contribution in [3.8, 4) is 0 Å². The predicted molar refractivity (Wildman–Crippen MR) is 54.0 cm³/mol. The summed E-state index contributed by atoms with van der Waals surface area (Å²) in [7, 11) is 0. The number of nitrogens with two attached hydrogens (primary N) is 1. The molecule has 1 aromatic rings. The maximum atomic E-state index is 11.1. The highest BCUT2D eigenvalue weighted by Gasteiger charge is 2.21. The Morgan fingerprint density at radius 1 is 1.64 bits per heavy atom. The minimum Gasteiger partial charge on any atom is -0.448 e. The van der Waals surface area contributed by atoms with Gasteiger partial charge in [-0.2, -0.15) is 0 Å². The van der Waals surface area contributed by atoms with E-state index in [0.29, 0.717) is 26.2 Å². The van der Waals surface area contributed by atoms with Crippen LogP contribution < -0.4 is 5.73 Å². The molecule has 1 fully saturated rings. The quantitative estimate of drug-likeness (QED) is 0.818. The molecule has 2 N–H and O–H groups in total. The molecule has 0 aliphatic carbocycles. The molecule has 0 saturated carbocycles. The van der Waals surface area contributed by atoms with Gasteiger partial charge in [0.2, 0.25) is 0 Å². The summed E-state index contributed by atoms with van der Waals surface area (Å²) in [5, 5.41) is 2.04. The summed E-state index contributed by atoms with van der Waals surface area (Å²) >= 11 is 1.63. The molecule has 1 aliphatic heterocycles. The van der Waals surface area contributed by atoms with Crippen molar-refractivity contribution >= 4 is 17.4 Å². The average molecular weight is 212 g/mol. The van der Waals surface area contributed by atoms with Crippen LogP contribution in [0.15, 0.2) is 11.4 Å². The first kappa shape index (κ1) is 9.48. The second-order valence-electron chi connectivity index (χ2n) is 3.16. The Morgan fingerprint density at radius 3 is 3.07 bits per heavy atom. The van der Waals surface area contributed by atoms with Crippen molar-refractivity contribution in [2.24, 2.45) is 5.73 Å². The number of ether oxygens (including phenoxy) is 1. The van der Waals surface area contributed by atoms with Crippen LogP contribution in [0.3, 0.4) is 0 Å². The smallest absolute Gasteiger partial charge is 0.410 e. The lowest BCUT2D eigenvalue weighted by Crippen LogP contribution is -2.23. The highest BCUT2D eigenvalue weighted by Crippen LogP contribution is 2.17. The maximum Gasteiger partial charge on any atom is 0.410 e. The second kappa shape index (κ2) is 3.98. The summed E-state index contributed by atoms with van der Waals surface area (Å²) < 4.78 is 4.84. The molecule has 0 aromatic carbocycles. The van der Waals surface area contributed by atoms with E-state index < -0.39 is 0 Å². The molecular formula is C9H12N2O2S. The van der Waals surface area contributed by atoms with Gasteiger partial charge in [0.25, 0.3) is 0 Å². The molecule has 2 heterocycles. The molecule has 0 radical (unpaired) electrons. The van der Waals surface area contributed by atoms with E-state index in [9.17, 15) is 4.79 Å². The predicted octanol–water partition coefficient (Wildman–Crippen LogP) is 1.16. The van der Waals surface area contributed by atoms with Gasteiger partial charge in [-0.25, -0.2) is 4.79 Å². The Kier molecular flexibility index (Phi) is 2.69. The summed E-state index contributed by atoms with van der Waals surface area (Å²) in [4.78, 5) is 14.0. The van der Waals surface area contributed by atoms with Gasteiger partial charge in [0.15, 0.2) is 0 Å². The standard InChI is InChI=1S/C9H12N2O2S/c10-4-8-3-7(6-14-8)5-11-1-2-13-9(11)12/h3,6H,1-2,4-5,10H2. The number of thiophene rings is 1. The zero-order valence-electron chi connectivity index (χ0n) is 7.73. The third kappa shape index (κ3) is 1.88. The van der Waals surface area contributed by atoms with Gasteiger partial charge < -0.3 is 15.4 Å². The van der Waals surface area contributed by atoms with E-state index in [0.717, 1.165) is 10.4 Å². The van der Waals surface area contributed by atoms with Crippen LogP contribution in [-0.2, 0) is 17.8 Å². The summed E-state index contributed by atoms with van der Waals surface area (Å²) in [6, 6.07) is 2.04. The van der Waals surface area contributed by atoms with Gasteiger partial charge in [-0.05, 0) is 17.0 Å². The topological polar surface area (TPSA) is 55.6 Å². The van der Waals surface area contributed by atoms with Crippen molar-refractivity contribution in [3.05, 3.63) is 21.9 Å². The average Bonchev–Trinajstić information content (AvgIpc) is 2.77. The highest BCUT2D eigenvalue weighted by molar-refractivity contribution is 7.10. The van der Waals surface area contributed by atoms with E-state index in [1.54, 1.807) is 16.2 Å². The number of carbonyl (C=O) groups excluding carboxylic acids is 1. The highest BCUT2D eigenvalue weighted by atomic mass is 32.1. The number of hydrogen-bond donors (Lipinski definition) is 1. The Labute approximate surface area is 86.3 Å². The Bertz CT molecular complexity index is 337. The van der Waals surface area contributed by atoms with Crippen molar-refractivity contribution in [2.45, 2.75) is 13.1 Å². The van der Waals surface area contributed by atoms with Gasteiger partial charge >= 0.3 is 6.09 Å². The molecule has 5 heteroatoms.